The molecule has 1 unspecified atom stereocenters. The third-order valence-electron chi connectivity index (χ3n) is 3.30. The molecule has 5 nitrogen and oxygen atoms in total. The minimum Gasteiger partial charge on any atom is -0.493 e. The summed E-state index contributed by atoms with van der Waals surface area (Å²) in [4.78, 5) is 4.33. The zero-order valence-corrected chi connectivity index (χ0v) is 11.6. The average Bonchev–Trinajstić information content (AvgIpc) is 2.48. The van der Waals surface area contributed by atoms with Gasteiger partial charge in [0.05, 0.1) is 26.0 Å². The molecular formula is C14H22N2O3. The Morgan fingerprint density at radius 2 is 2.26 bits per heavy atom. The third-order valence-corrected chi connectivity index (χ3v) is 3.30. The lowest BCUT2D eigenvalue weighted by Gasteiger charge is -2.23. The first-order chi connectivity index (χ1) is 9.35. The Bertz CT molecular complexity index is 392. The van der Waals surface area contributed by atoms with Crippen LogP contribution in [0.15, 0.2) is 12.3 Å². The minimum absolute atomic E-state index is 0.324. The molecule has 1 aromatic rings. The molecule has 5 heteroatoms. The molecule has 0 bridgehead atoms. The van der Waals surface area contributed by atoms with Crippen molar-refractivity contribution >= 4 is 0 Å². The maximum atomic E-state index is 5.68. The molecular weight excluding hydrogens is 244 g/mol. The van der Waals surface area contributed by atoms with E-state index in [1.54, 1.807) is 26.5 Å². The summed E-state index contributed by atoms with van der Waals surface area (Å²) >= 11 is 0. The van der Waals surface area contributed by atoms with E-state index in [2.05, 4.69) is 10.3 Å². The molecule has 0 aliphatic carbocycles. The molecule has 106 valence electrons. The summed E-state index contributed by atoms with van der Waals surface area (Å²) in [6.07, 6.45) is 5.63. The van der Waals surface area contributed by atoms with Crippen molar-refractivity contribution in [2.24, 2.45) is 0 Å². The second-order valence-electron chi connectivity index (χ2n) is 4.61. The van der Waals surface area contributed by atoms with Crippen LogP contribution in [-0.4, -0.2) is 38.5 Å². The van der Waals surface area contributed by atoms with Crippen LogP contribution in [0.3, 0.4) is 0 Å². The molecule has 0 saturated carbocycles. The second kappa shape index (κ2) is 7.31. The van der Waals surface area contributed by atoms with Crippen molar-refractivity contribution in [3.05, 3.63) is 18.0 Å². The molecule has 0 amide bonds. The smallest absolute Gasteiger partial charge is 0.183 e. The molecule has 1 atom stereocenters. The van der Waals surface area contributed by atoms with Gasteiger partial charge in [0, 0.05) is 32.0 Å². The molecule has 19 heavy (non-hydrogen) atoms. The summed E-state index contributed by atoms with van der Waals surface area (Å²) in [7, 11) is 3.26. The second-order valence-corrected chi connectivity index (χ2v) is 4.61. The first-order valence-electron chi connectivity index (χ1n) is 6.73. The molecule has 2 rings (SSSR count). The quantitative estimate of drug-likeness (QED) is 0.850. The van der Waals surface area contributed by atoms with Gasteiger partial charge in [-0.1, -0.05) is 0 Å². The van der Waals surface area contributed by atoms with Crippen LogP contribution in [0.5, 0.6) is 11.5 Å². The molecule has 0 spiro atoms. The maximum Gasteiger partial charge on any atom is 0.183 e. The van der Waals surface area contributed by atoms with Crippen molar-refractivity contribution in [2.45, 2.75) is 31.9 Å². The molecule has 1 fully saturated rings. The van der Waals surface area contributed by atoms with Gasteiger partial charge in [-0.3, -0.25) is 4.98 Å². The minimum atomic E-state index is 0.324. The Hall–Kier alpha value is -1.33. The van der Waals surface area contributed by atoms with E-state index in [9.17, 15) is 0 Å². The van der Waals surface area contributed by atoms with Crippen molar-refractivity contribution in [1.29, 1.82) is 0 Å². The molecule has 1 saturated heterocycles. The predicted molar refractivity (Wildman–Crippen MR) is 72.6 cm³/mol. The van der Waals surface area contributed by atoms with Crippen LogP contribution in [-0.2, 0) is 11.3 Å². The van der Waals surface area contributed by atoms with Gasteiger partial charge < -0.3 is 19.5 Å². The fourth-order valence-electron chi connectivity index (χ4n) is 2.30. The molecule has 1 aliphatic heterocycles. The van der Waals surface area contributed by atoms with Crippen molar-refractivity contribution in [1.82, 2.24) is 10.3 Å². The molecule has 1 aliphatic rings. The topological polar surface area (TPSA) is 52.6 Å². The monoisotopic (exact) mass is 266 g/mol. The standard InChI is InChI=1S/C14H22N2O3/c1-17-13-6-7-16-12(14(13)18-2)10-15-9-11-5-3-4-8-19-11/h6-7,11,15H,3-5,8-10H2,1-2H3. The number of hydrogen-bond acceptors (Lipinski definition) is 5. The van der Waals surface area contributed by atoms with Crippen molar-refractivity contribution in [2.75, 3.05) is 27.4 Å². The fourth-order valence-corrected chi connectivity index (χ4v) is 2.30. The lowest BCUT2D eigenvalue weighted by Crippen LogP contribution is -2.31. The first kappa shape index (κ1) is 14.1. The number of pyridine rings is 1. The SMILES string of the molecule is COc1ccnc(CNCC2CCCCO2)c1OC. The highest BCUT2D eigenvalue weighted by molar-refractivity contribution is 5.42. The lowest BCUT2D eigenvalue weighted by atomic mass is 10.1. The summed E-state index contributed by atoms with van der Waals surface area (Å²) in [6, 6.07) is 1.80. The highest BCUT2D eigenvalue weighted by Gasteiger charge is 2.15. The van der Waals surface area contributed by atoms with Gasteiger partial charge in [0.1, 0.15) is 0 Å². The Labute approximate surface area is 114 Å². The normalized spacial score (nSPS) is 19.2. The Morgan fingerprint density at radius 3 is 2.95 bits per heavy atom. The van der Waals surface area contributed by atoms with E-state index in [0.717, 1.165) is 25.3 Å². The maximum absolute atomic E-state index is 5.68. The van der Waals surface area contributed by atoms with Crippen LogP contribution < -0.4 is 14.8 Å². The fraction of sp³-hybridized carbons (Fsp3) is 0.643. The van der Waals surface area contributed by atoms with Crippen molar-refractivity contribution < 1.29 is 14.2 Å². The largest absolute Gasteiger partial charge is 0.493 e. The number of nitrogens with one attached hydrogen (secondary N) is 1. The molecule has 1 N–H and O–H groups in total. The Kier molecular flexibility index (Phi) is 5.42. The lowest BCUT2D eigenvalue weighted by molar-refractivity contribution is 0.0167. The number of hydrogen-bond donors (Lipinski definition) is 1. The van der Waals surface area contributed by atoms with Gasteiger partial charge in [0.2, 0.25) is 0 Å². The van der Waals surface area contributed by atoms with Crippen molar-refractivity contribution in [3.8, 4) is 11.5 Å². The Balaban J connectivity index is 1.88. The number of methoxy groups -OCH3 is 2. The number of nitrogens with zero attached hydrogens (tertiary/aromatic N) is 1. The van der Waals surface area contributed by atoms with Crippen LogP contribution in [0.25, 0.3) is 0 Å². The zero-order chi connectivity index (χ0) is 13.5. The van der Waals surface area contributed by atoms with Crippen LogP contribution in [0.2, 0.25) is 0 Å². The number of aromatic nitrogens is 1. The molecule has 1 aromatic heterocycles. The summed E-state index contributed by atoms with van der Waals surface area (Å²) in [5.41, 5.74) is 0.859. The molecule has 2 heterocycles. The van der Waals surface area contributed by atoms with E-state index in [-0.39, 0.29) is 0 Å². The van der Waals surface area contributed by atoms with Crippen molar-refractivity contribution in [3.63, 3.8) is 0 Å². The summed E-state index contributed by atoms with van der Waals surface area (Å²) in [5, 5.41) is 3.37. The van der Waals surface area contributed by atoms with E-state index in [1.807, 2.05) is 0 Å². The average molecular weight is 266 g/mol. The van der Waals surface area contributed by atoms with Crippen LogP contribution >= 0.6 is 0 Å². The van der Waals surface area contributed by atoms with E-state index >= 15 is 0 Å². The number of ether oxygens (including phenoxy) is 3. The first-order valence-corrected chi connectivity index (χ1v) is 6.73. The van der Waals surface area contributed by atoms with Gasteiger partial charge in [0.15, 0.2) is 11.5 Å². The number of rotatable bonds is 6. The van der Waals surface area contributed by atoms with E-state index < -0.39 is 0 Å². The molecule has 0 radical (unpaired) electrons. The van der Waals surface area contributed by atoms with Gasteiger partial charge in [-0.25, -0.2) is 0 Å². The van der Waals surface area contributed by atoms with Gasteiger partial charge in [-0.2, -0.15) is 0 Å². The summed E-state index contributed by atoms with van der Waals surface area (Å²) in [5.74, 6) is 1.41. The van der Waals surface area contributed by atoms with E-state index in [0.29, 0.717) is 24.1 Å². The summed E-state index contributed by atoms with van der Waals surface area (Å²) < 4.78 is 16.3. The van der Waals surface area contributed by atoms with E-state index in [1.165, 1.54) is 12.8 Å². The summed E-state index contributed by atoms with van der Waals surface area (Å²) in [6.45, 7) is 2.38. The molecule has 0 aromatic carbocycles. The predicted octanol–water partition coefficient (Wildman–Crippen LogP) is 1.76. The zero-order valence-electron chi connectivity index (χ0n) is 11.6. The third kappa shape index (κ3) is 3.81. The van der Waals surface area contributed by atoms with Gasteiger partial charge in [-0.05, 0) is 19.3 Å². The Morgan fingerprint density at radius 1 is 1.37 bits per heavy atom. The highest BCUT2D eigenvalue weighted by atomic mass is 16.5. The van der Waals surface area contributed by atoms with Crippen LogP contribution in [0.4, 0.5) is 0 Å². The van der Waals surface area contributed by atoms with Gasteiger partial charge in [0.25, 0.3) is 0 Å². The van der Waals surface area contributed by atoms with Gasteiger partial charge >= 0.3 is 0 Å². The van der Waals surface area contributed by atoms with Crippen LogP contribution in [0.1, 0.15) is 25.0 Å². The highest BCUT2D eigenvalue weighted by Crippen LogP contribution is 2.28. The van der Waals surface area contributed by atoms with Crippen LogP contribution in [0, 0.1) is 0 Å². The van der Waals surface area contributed by atoms with Gasteiger partial charge in [-0.15, -0.1) is 0 Å². The van der Waals surface area contributed by atoms with E-state index in [4.69, 9.17) is 14.2 Å².